The van der Waals surface area contributed by atoms with Gasteiger partial charge in [0.1, 0.15) is 5.75 Å². The van der Waals surface area contributed by atoms with Crippen molar-refractivity contribution in [2.75, 3.05) is 12.4 Å². The molecule has 0 radical (unpaired) electrons. The summed E-state index contributed by atoms with van der Waals surface area (Å²) in [6.07, 6.45) is 0. The van der Waals surface area contributed by atoms with Crippen molar-refractivity contribution in [2.24, 2.45) is 0 Å². The number of thiazole rings is 1. The topological polar surface area (TPSA) is 94.4 Å². The number of carbonyl (C=O) groups is 1. The number of fused-ring (bicyclic) bond motifs is 2. The molecule has 1 N–H and O–H groups in total. The molecule has 0 spiro atoms. The number of nitrogens with zero attached hydrogens (tertiary/aromatic N) is 2. The van der Waals surface area contributed by atoms with Gasteiger partial charge in [-0.05, 0) is 38.8 Å². The van der Waals surface area contributed by atoms with E-state index in [0.717, 1.165) is 10.8 Å². The van der Waals surface area contributed by atoms with Gasteiger partial charge in [-0.1, -0.05) is 35.6 Å². The Morgan fingerprint density at radius 3 is 2.79 bits per heavy atom. The van der Waals surface area contributed by atoms with Gasteiger partial charge in [-0.15, -0.1) is 0 Å². The number of non-ortho nitro benzene ring substituents is 1. The Hall–Kier alpha value is -3.04. The number of anilines is 1. The standard InChI is InChI=1S/C19H12BrN3O4S/c1-27-17-13(8-10-4-2-3-5-12(10)16(17)20)18(24)22-19-21-14-7-6-11(23(25)26)9-15(14)28-19/h2-9H,1H3,(H,21,22,24). The van der Waals surface area contributed by atoms with E-state index in [9.17, 15) is 14.9 Å². The lowest BCUT2D eigenvalue weighted by molar-refractivity contribution is -0.384. The maximum Gasteiger partial charge on any atom is 0.270 e. The Bertz CT molecular complexity index is 1250. The van der Waals surface area contributed by atoms with Crippen LogP contribution in [0.2, 0.25) is 0 Å². The number of hydrogen-bond acceptors (Lipinski definition) is 6. The van der Waals surface area contributed by atoms with Gasteiger partial charge in [0.2, 0.25) is 0 Å². The SMILES string of the molecule is COc1c(C(=O)Nc2nc3ccc([N+](=O)[O-])cc3s2)cc2ccccc2c1Br. The van der Waals surface area contributed by atoms with Crippen LogP contribution in [0.1, 0.15) is 10.4 Å². The van der Waals surface area contributed by atoms with Crippen LogP contribution in [-0.4, -0.2) is 22.9 Å². The number of methoxy groups -OCH3 is 1. The number of rotatable bonds is 4. The molecule has 7 nitrogen and oxygen atoms in total. The van der Waals surface area contributed by atoms with Gasteiger partial charge in [-0.3, -0.25) is 20.2 Å². The third-order valence-corrected chi connectivity index (χ3v) is 5.91. The second kappa shape index (κ2) is 7.17. The van der Waals surface area contributed by atoms with Crippen LogP contribution in [0.5, 0.6) is 5.75 Å². The van der Waals surface area contributed by atoms with Gasteiger partial charge in [0.05, 0.1) is 32.3 Å². The number of amides is 1. The fourth-order valence-electron chi connectivity index (χ4n) is 2.90. The second-order valence-corrected chi connectivity index (χ2v) is 7.70. The predicted octanol–water partition coefficient (Wildman–Crippen LogP) is 5.38. The Kier molecular flexibility index (Phi) is 4.70. The lowest BCUT2D eigenvalue weighted by Crippen LogP contribution is -2.13. The maximum absolute atomic E-state index is 12.9. The van der Waals surface area contributed by atoms with Gasteiger partial charge in [-0.2, -0.15) is 0 Å². The molecule has 3 aromatic carbocycles. The number of aromatic nitrogens is 1. The largest absolute Gasteiger partial charge is 0.495 e. The number of benzene rings is 3. The van der Waals surface area contributed by atoms with Gasteiger partial charge in [0.15, 0.2) is 5.13 Å². The van der Waals surface area contributed by atoms with Crippen molar-refractivity contribution in [1.29, 1.82) is 0 Å². The first-order chi connectivity index (χ1) is 13.5. The molecular formula is C19H12BrN3O4S. The zero-order valence-corrected chi connectivity index (χ0v) is 16.8. The van der Waals surface area contributed by atoms with Crippen LogP contribution >= 0.6 is 27.3 Å². The fourth-order valence-corrected chi connectivity index (χ4v) is 4.53. The van der Waals surface area contributed by atoms with Crippen molar-refractivity contribution in [1.82, 2.24) is 4.98 Å². The quantitative estimate of drug-likeness (QED) is 0.327. The van der Waals surface area contributed by atoms with E-state index >= 15 is 0 Å². The van der Waals surface area contributed by atoms with Crippen molar-refractivity contribution in [3.8, 4) is 5.75 Å². The average Bonchev–Trinajstić information content (AvgIpc) is 3.09. The minimum atomic E-state index is -0.463. The lowest BCUT2D eigenvalue weighted by atomic mass is 10.1. The molecule has 28 heavy (non-hydrogen) atoms. The van der Waals surface area contributed by atoms with E-state index in [1.165, 1.54) is 30.6 Å². The van der Waals surface area contributed by atoms with Gasteiger partial charge >= 0.3 is 0 Å². The van der Waals surface area contributed by atoms with E-state index in [1.54, 1.807) is 12.1 Å². The molecule has 4 aromatic rings. The van der Waals surface area contributed by atoms with Crippen molar-refractivity contribution < 1.29 is 14.5 Å². The van der Waals surface area contributed by atoms with Gasteiger partial charge in [-0.25, -0.2) is 4.98 Å². The normalized spacial score (nSPS) is 10.9. The minimum Gasteiger partial charge on any atom is -0.495 e. The summed E-state index contributed by atoms with van der Waals surface area (Å²) in [6, 6.07) is 13.8. The van der Waals surface area contributed by atoms with Crippen LogP contribution < -0.4 is 10.1 Å². The Balaban J connectivity index is 1.72. The molecule has 0 bridgehead atoms. The molecule has 0 unspecified atom stereocenters. The third-order valence-electron chi connectivity index (χ3n) is 4.19. The molecule has 9 heteroatoms. The summed E-state index contributed by atoms with van der Waals surface area (Å²) < 4.78 is 6.76. The molecule has 140 valence electrons. The number of nitro groups is 1. The molecule has 1 heterocycles. The smallest absolute Gasteiger partial charge is 0.270 e. The summed E-state index contributed by atoms with van der Waals surface area (Å²) in [4.78, 5) is 27.7. The predicted molar refractivity (Wildman–Crippen MR) is 112 cm³/mol. The molecule has 0 saturated heterocycles. The number of nitrogens with one attached hydrogen (secondary N) is 1. The van der Waals surface area contributed by atoms with Crippen molar-refractivity contribution >= 4 is 65.0 Å². The summed E-state index contributed by atoms with van der Waals surface area (Å²) >= 11 is 4.69. The van der Waals surface area contributed by atoms with Crippen LogP contribution in [0.4, 0.5) is 10.8 Å². The highest BCUT2D eigenvalue weighted by atomic mass is 79.9. The first-order valence-electron chi connectivity index (χ1n) is 8.09. The van der Waals surface area contributed by atoms with Crippen molar-refractivity contribution in [3.63, 3.8) is 0 Å². The van der Waals surface area contributed by atoms with E-state index in [4.69, 9.17) is 4.74 Å². The van der Waals surface area contributed by atoms with Gasteiger partial charge in [0.25, 0.3) is 11.6 Å². The zero-order valence-electron chi connectivity index (χ0n) is 14.4. The second-order valence-electron chi connectivity index (χ2n) is 5.87. The van der Waals surface area contributed by atoms with Crippen LogP contribution in [0, 0.1) is 10.1 Å². The first-order valence-corrected chi connectivity index (χ1v) is 9.70. The first kappa shape index (κ1) is 18.3. The summed E-state index contributed by atoms with van der Waals surface area (Å²) in [5.74, 6) is 0.0461. The number of nitro benzene ring substituents is 1. The zero-order chi connectivity index (χ0) is 19.8. The van der Waals surface area contributed by atoms with Crippen molar-refractivity contribution in [3.05, 3.63) is 68.7 Å². The molecule has 4 rings (SSSR count). The molecule has 0 atom stereocenters. The molecule has 1 aromatic heterocycles. The molecule has 0 aliphatic carbocycles. The molecule has 0 fully saturated rings. The number of carbonyl (C=O) groups excluding carboxylic acids is 1. The summed E-state index contributed by atoms with van der Waals surface area (Å²) in [5, 5.41) is 15.9. The third kappa shape index (κ3) is 3.19. The molecule has 1 amide bonds. The van der Waals surface area contributed by atoms with Crippen LogP contribution in [0.15, 0.2) is 53.0 Å². The van der Waals surface area contributed by atoms with Crippen LogP contribution in [0.25, 0.3) is 21.0 Å². The summed E-state index contributed by atoms with van der Waals surface area (Å²) in [5.41, 5.74) is 0.921. The van der Waals surface area contributed by atoms with Crippen LogP contribution in [0.3, 0.4) is 0 Å². The summed E-state index contributed by atoms with van der Waals surface area (Å²) in [7, 11) is 1.50. The number of ether oxygens (including phenoxy) is 1. The van der Waals surface area contributed by atoms with E-state index in [2.05, 4.69) is 26.2 Å². The van der Waals surface area contributed by atoms with E-state index < -0.39 is 4.92 Å². The molecule has 0 aliphatic rings. The van der Waals surface area contributed by atoms with Gasteiger partial charge < -0.3 is 4.74 Å². The maximum atomic E-state index is 12.9. The Labute approximate surface area is 171 Å². The average molecular weight is 458 g/mol. The fraction of sp³-hybridized carbons (Fsp3) is 0.0526. The highest BCUT2D eigenvalue weighted by Gasteiger charge is 2.20. The van der Waals surface area contributed by atoms with Gasteiger partial charge in [0, 0.05) is 12.1 Å². The lowest BCUT2D eigenvalue weighted by Gasteiger charge is -2.12. The van der Waals surface area contributed by atoms with E-state index in [0.29, 0.717) is 31.1 Å². The number of hydrogen-bond donors (Lipinski definition) is 1. The molecule has 0 saturated carbocycles. The highest BCUT2D eigenvalue weighted by Crippen LogP contribution is 2.37. The monoisotopic (exact) mass is 457 g/mol. The van der Waals surface area contributed by atoms with E-state index in [1.807, 2.05) is 24.3 Å². The van der Waals surface area contributed by atoms with Crippen LogP contribution in [-0.2, 0) is 0 Å². The number of halogens is 1. The molecule has 0 aliphatic heterocycles. The molecular weight excluding hydrogens is 446 g/mol. The van der Waals surface area contributed by atoms with E-state index in [-0.39, 0.29) is 11.6 Å². The van der Waals surface area contributed by atoms with Crippen molar-refractivity contribution in [2.45, 2.75) is 0 Å². The Morgan fingerprint density at radius 1 is 1.25 bits per heavy atom. The highest BCUT2D eigenvalue weighted by molar-refractivity contribution is 9.10. The Morgan fingerprint density at radius 2 is 2.04 bits per heavy atom. The minimum absolute atomic E-state index is 0.0193. The summed E-state index contributed by atoms with van der Waals surface area (Å²) in [6.45, 7) is 0.